The van der Waals surface area contributed by atoms with E-state index in [-0.39, 0.29) is 17.3 Å². The van der Waals surface area contributed by atoms with Gasteiger partial charge in [0.15, 0.2) is 0 Å². The highest BCUT2D eigenvalue weighted by Crippen LogP contribution is 2.30. The van der Waals surface area contributed by atoms with Crippen molar-refractivity contribution in [2.75, 3.05) is 6.61 Å². The fourth-order valence-electron chi connectivity index (χ4n) is 2.45. The molecule has 3 nitrogen and oxygen atoms in total. The average molecular weight is 292 g/mol. The van der Waals surface area contributed by atoms with Gasteiger partial charge in [-0.05, 0) is 19.4 Å². The van der Waals surface area contributed by atoms with Crippen LogP contribution in [-0.4, -0.2) is 26.4 Å². The summed E-state index contributed by atoms with van der Waals surface area (Å²) in [6.45, 7) is 8.22. The third kappa shape index (κ3) is 4.60. The lowest BCUT2D eigenvalue weighted by molar-refractivity contribution is -0.143. The first-order chi connectivity index (χ1) is 9.37. The number of Topliss-reactive ketones (excluding diaryl/α,β-unsaturated/α-hetero) is 1. The molecule has 1 aromatic rings. The number of carbonyl (C=O) groups excluding carboxylic acids is 2. The van der Waals surface area contributed by atoms with Crippen molar-refractivity contribution in [3.8, 4) is 0 Å². The molecule has 0 aromatic heterocycles. The molecule has 0 amide bonds. The summed E-state index contributed by atoms with van der Waals surface area (Å²) in [7, 11) is -1.89. The second-order valence-corrected chi connectivity index (χ2v) is 10.5. The molecule has 0 N–H and O–H groups in total. The van der Waals surface area contributed by atoms with Crippen molar-refractivity contribution >= 4 is 25.0 Å². The summed E-state index contributed by atoms with van der Waals surface area (Å²) in [4.78, 5) is 23.3. The van der Waals surface area contributed by atoms with Gasteiger partial charge in [-0.15, -0.1) is 0 Å². The standard InChI is InChI=1S/C16H24O3Si/c1-5-19-16(18)12-15(11-13(2)17)20(3,4)14-9-7-6-8-10-14/h6-10,15H,5,11-12H2,1-4H3/t15-/m1/s1. The minimum Gasteiger partial charge on any atom is -0.466 e. The van der Waals surface area contributed by atoms with Crippen LogP contribution in [0.1, 0.15) is 26.7 Å². The topological polar surface area (TPSA) is 43.4 Å². The van der Waals surface area contributed by atoms with E-state index in [1.165, 1.54) is 5.19 Å². The van der Waals surface area contributed by atoms with Crippen LogP contribution in [0.25, 0.3) is 0 Å². The van der Waals surface area contributed by atoms with E-state index in [4.69, 9.17) is 4.74 Å². The van der Waals surface area contributed by atoms with E-state index in [0.29, 0.717) is 19.4 Å². The predicted molar refractivity (Wildman–Crippen MR) is 83.9 cm³/mol. The molecule has 0 bridgehead atoms. The average Bonchev–Trinajstić information content (AvgIpc) is 2.38. The number of ether oxygens (including phenoxy) is 1. The Hall–Kier alpha value is -1.42. The van der Waals surface area contributed by atoms with Gasteiger partial charge in [0.05, 0.1) is 14.7 Å². The van der Waals surface area contributed by atoms with Gasteiger partial charge in [-0.25, -0.2) is 0 Å². The molecule has 1 aromatic carbocycles. The SMILES string of the molecule is CCOC(=O)C[C@@H](CC(C)=O)[Si](C)(C)c1ccccc1. The van der Waals surface area contributed by atoms with E-state index >= 15 is 0 Å². The Morgan fingerprint density at radius 2 is 1.75 bits per heavy atom. The van der Waals surface area contributed by atoms with E-state index in [0.717, 1.165) is 0 Å². The molecule has 0 aliphatic carbocycles. The molecule has 1 rings (SSSR count). The summed E-state index contributed by atoms with van der Waals surface area (Å²) in [5, 5.41) is 1.27. The lowest BCUT2D eigenvalue weighted by Gasteiger charge is -2.32. The largest absolute Gasteiger partial charge is 0.466 e. The molecule has 0 saturated heterocycles. The van der Waals surface area contributed by atoms with Crippen LogP contribution in [0.3, 0.4) is 0 Å². The minimum atomic E-state index is -1.89. The van der Waals surface area contributed by atoms with Crippen molar-refractivity contribution in [1.82, 2.24) is 0 Å². The van der Waals surface area contributed by atoms with Gasteiger partial charge in [0.2, 0.25) is 0 Å². The molecule has 0 spiro atoms. The third-order valence-electron chi connectivity index (χ3n) is 3.79. The van der Waals surface area contributed by atoms with Crippen molar-refractivity contribution in [2.24, 2.45) is 0 Å². The van der Waals surface area contributed by atoms with Crippen LogP contribution in [0.4, 0.5) is 0 Å². The van der Waals surface area contributed by atoms with Gasteiger partial charge in [0.1, 0.15) is 5.78 Å². The van der Waals surface area contributed by atoms with Crippen LogP contribution in [0.15, 0.2) is 30.3 Å². The summed E-state index contributed by atoms with van der Waals surface area (Å²) in [6.07, 6.45) is 0.786. The predicted octanol–water partition coefficient (Wildman–Crippen LogP) is 2.90. The van der Waals surface area contributed by atoms with Crippen molar-refractivity contribution in [3.05, 3.63) is 30.3 Å². The lowest BCUT2D eigenvalue weighted by atomic mass is 10.2. The summed E-state index contributed by atoms with van der Waals surface area (Å²) in [5.74, 6) is -0.0638. The molecule has 20 heavy (non-hydrogen) atoms. The number of benzene rings is 1. The first-order valence-electron chi connectivity index (χ1n) is 7.08. The van der Waals surface area contributed by atoms with Gasteiger partial charge in [-0.1, -0.05) is 48.6 Å². The Bertz CT molecular complexity index is 454. The molecule has 0 fully saturated rings. The number of esters is 1. The first kappa shape index (κ1) is 16.6. The van der Waals surface area contributed by atoms with Crippen molar-refractivity contribution in [1.29, 1.82) is 0 Å². The molecular formula is C16H24O3Si. The summed E-state index contributed by atoms with van der Waals surface area (Å²) < 4.78 is 5.06. The maximum atomic E-state index is 11.8. The number of rotatable bonds is 7. The normalized spacial score (nSPS) is 12.8. The van der Waals surface area contributed by atoms with Crippen LogP contribution in [-0.2, 0) is 14.3 Å². The van der Waals surface area contributed by atoms with E-state index < -0.39 is 8.07 Å². The maximum absolute atomic E-state index is 11.8. The maximum Gasteiger partial charge on any atom is 0.305 e. The van der Waals surface area contributed by atoms with Crippen LogP contribution >= 0.6 is 0 Å². The van der Waals surface area contributed by atoms with Crippen LogP contribution in [0.2, 0.25) is 18.6 Å². The smallest absolute Gasteiger partial charge is 0.305 e. The van der Waals surface area contributed by atoms with Gasteiger partial charge in [0.25, 0.3) is 0 Å². The monoisotopic (exact) mass is 292 g/mol. The van der Waals surface area contributed by atoms with Gasteiger partial charge < -0.3 is 9.53 Å². The van der Waals surface area contributed by atoms with Crippen LogP contribution in [0, 0.1) is 0 Å². The van der Waals surface area contributed by atoms with Crippen LogP contribution < -0.4 is 5.19 Å². The Morgan fingerprint density at radius 1 is 1.15 bits per heavy atom. The molecule has 0 radical (unpaired) electrons. The van der Waals surface area contributed by atoms with Crippen molar-refractivity contribution in [3.63, 3.8) is 0 Å². The Morgan fingerprint density at radius 3 is 2.25 bits per heavy atom. The van der Waals surface area contributed by atoms with Gasteiger partial charge in [-0.3, -0.25) is 4.79 Å². The van der Waals surface area contributed by atoms with E-state index in [9.17, 15) is 9.59 Å². The van der Waals surface area contributed by atoms with Gasteiger partial charge in [0, 0.05) is 12.8 Å². The zero-order valence-corrected chi connectivity index (χ0v) is 13.8. The molecule has 0 aliphatic rings. The third-order valence-corrected chi connectivity index (χ3v) is 8.06. The fourth-order valence-corrected chi connectivity index (χ4v) is 5.45. The van der Waals surface area contributed by atoms with Gasteiger partial charge in [-0.2, -0.15) is 0 Å². The number of hydrogen-bond acceptors (Lipinski definition) is 3. The molecule has 4 heteroatoms. The van der Waals surface area contributed by atoms with Gasteiger partial charge >= 0.3 is 5.97 Å². The molecule has 0 heterocycles. The zero-order valence-electron chi connectivity index (χ0n) is 12.8. The zero-order chi connectivity index (χ0) is 15.2. The second-order valence-electron chi connectivity index (χ2n) is 5.70. The first-order valence-corrected chi connectivity index (χ1v) is 10.2. The fraction of sp³-hybridized carbons (Fsp3) is 0.500. The highest BCUT2D eigenvalue weighted by molar-refractivity contribution is 6.91. The highest BCUT2D eigenvalue weighted by atomic mass is 28.3. The Kier molecular flexibility index (Phi) is 6.14. The lowest BCUT2D eigenvalue weighted by Crippen LogP contribution is -2.47. The Balaban J connectivity index is 2.96. The van der Waals surface area contributed by atoms with E-state index in [2.05, 4.69) is 25.2 Å². The summed E-state index contributed by atoms with van der Waals surface area (Å²) >= 11 is 0. The molecule has 0 aliphatic heterocycles. The molecule has 0 unspecified atom stereocenters. The van der Waals surface area contributed by atoms with Crippen LogP contribution in [0.5, 0.6) is 0 Å². The molecular weight excluding hydrogens is 268 g/mol. The van der Waals surface area contributed by atoms with Crippen molar-refractivity contribution < 1.29 is 14.3 Å². The number of carbonyl (C=O) groups is 2. The Labute approximate surface area is 122 Å². The highest BCUT2D eigenvalue weighted by Gasteiger charge is 2.36. The molecule has 0 saturated carbocycles. The number of ketones is 1. The van der Waals surface area contributed by atoms with E-state index in [1.807, 2.05) is 18.2 Å². The summed E-state index contributed by atoms with van der Waals surface area (Å²) in [5.41, 5.74) is 0.0847. The quantitative estimate of drug-likeness (QED) is 0.573. The van der Waals surface area contributed by atoms with Crippen molar-refractivity contribution in [2.45, 2.75) is 45.3 Å². The van der Waals surface area contributed by atoms with E-state index in [1.54, 1.807) is 13.8 Å². The molecule has 1 atom stereocenters. The minimum absolute atomic E-state index is 0.0847. The summed E-state index contributed by atoms with van der Waals surface area (Å²) in [6, 6.07) is 10.2. The second kappa shape index (κ2) is 7.38. The number of hydrogen-bond donors (Lipinski definition) is 0. The molecule has 110 valence electrons.